The van der Waals surface area contributed by atoms with Gasteiger partial charge in [0.1, 0.15) is 13.7 Å². The van der Waals surface area contributed by atoms with E-state index in [1.807, 2.05) is 16.7 Å². The van der Waals surface area contributed by atoms with Crippen molar-refractivity contribution in [1.29, 1.82) is 0 Å². The van der Waals surface area contributed by atoms with Gasteiger partial charge in [0.2, 0.25) is 0 Å². The predicted molar refractivity (Wildman–Crippen MR) is 110 cm³/mol. The average molecular weight is 424 g/mol. The number of fused-ring (bicyclic) bond motifs is 2. The molecule has 0 saturated heterocycles. The lowest BCUT2D eigenvalue weighted by Gasteiger charge is -2.27. The first-order valence-corrected chi connectivity index (χ1v) is 10.0. The lowest BCUT2D eigenvalue weighted by Crippen LogP contribution is -2.38. The second-order valence-electron chi connectivity index (χ2n) is 6.69. The molecule has 5 rings (SSSR count). The summed E-state index contributed by atoms with van der Waals surface area (Å²) in [5, 5.41) is 9.97. The number of rotatable bonds is 2. The van der Waals surface area contributed by atoms with E-state index in [1.165, 1.54) is 29.5 Å². The number of carbonyl (C=O) groups is 1. The number of hydrogen-bond acceptors (Lipinski definition) is 5. The van der Waals surface area contributed by atoms with Crippen LogP contribution in [0.3, 0.4) is 0 Å². The summed E-state index contributed by atoms with van der Waals surface area (Å²) in [5.74, 6) is 0.589. The van der Waals surface area contributed by atoms with Crippen molar-refractivity contribution in [2.75, 3.05) is 6.54 Å². The number of halogens is 2. The Morgan fingerprint density at radius 2 is 2.03 bits per heavy atom. The molecule has 2 radical (unpaired) electrons. The van der Waals surface area contributed by atoms with Gasteiger partial charge in [-0.1, -0.05) is 23.1 Å². The molecule has 0 N–H and O–H groups in total. The van der Waals surface area contributed by atoms with Gasteiger partial charge in [0, 0.05) is 23.7 Å². The number of nitrogens with zero attached hydrogens (tertiary/aromatic N) is 5. The number of benzene rings is 2. The minimum atomic E-state index is -0.540. The van der Waals surface area contributed by atoms with E-state index in [1.54, 1.807) is 11.0 Å². The summed E-state index contributed by atoms with van der Waals surface area (Å²) in [6.45, 7) is 1.32. The average Bonchev–Trinajstić information content (AvgIpc) is 3.32. The molecule has 29 heavy (non-hydrogen) atoms. The maximum absolute atomic E-state index is 13.4. The fourth-order valence-electron chi connectivity index (χ4n) is 3.34. The highest BCUT2D eigenvalue weighted by Crippen LogP contribution is 2.32. The van der Waals surface area contributed by atoms with Gasteiger partial charge >= 0.3 is 0 Å². The van der Waals surface area contributed by atoms with Gasteiger partial charge in [-0.25, -0.2) is 9.37 Å². The van der Waals surface area contributed by atoms with Crippen LogP contribution in [0, 0.1) is 5.82 Å². The van der Waals surface area contributed by atoms with Crippen LogP contribution in [0.2, 0.25) is 5.02 Å². The van der Waals surface area contributed by atoms with Crippen molar-refractivity contribution < 1.29 is 9.18 Å². The Hall–Kier alpha value is -2.78. The molecular weight excluding hydrogens is 412 g/mol. The molecule has 6 nitrogen and oxygen atoms in total. The number of hydrogen-bond donors (Lipinski definition) is 0. The molecule has 0 bridgehead atoms. The van der Waals surface area contributed by atoms with Crippen LogP contribution in [0.4, 0.5) is 4.39 Å². The Morgan fingerprint density at radius 3 is 2.86 bits per heavy atom. The molecule has 1 aliphatic heterocycles. The third-order valence-corrected chi connectivity index (χ3v) is 6.07. The Balaban J connectivity index is 1.42. The molecule has 142 valence electrons. The van der Waals surface area contributed by atoms with Crippen LogP contribution in [-0.2, 0) is 13.1 Å². The minimum Gasteiger partial charge on any atom is -0.329 e. The first kappa shape index (κ1) is 18.3. The Kier molecular flexibility index (Phi) is 4.36. The van der Waals surface area contributed by atoms with Crippen molar-refractivity contribution in [2.45, 2.75) is 13.1 Å². The lowest BCUT2D eigenvalue weighted by molar-refractivity contribution is 0.0708. The lowest BCUT2D eigenvalue weighted by atomic mass is 9.93. The maximum Gasteiger partial charge on any atom is 0.254 e. The quantitative estimate of drug-likeness (QED) is 0.465. The molecule has 0 spiro atoms. The molecule has 0 unspecified atom stereocenters. The van der Waals surface area contributed by atoms with Crippen molar-refractivity contribution in [2.24, 2.45) is 0 Å². The molecule has 1 amide bonds. The zero-order chi connectivity index (χ0) is 20.1. The van der Waals surface area contributed by atoms with Gasteiger partial charge in [-0.3, -0.25) is 4.79 Å². The van der Waals surface area contributed by atoms with Crippen molar-refractivity contribution in [3.63, 3.8) is 0 Å². The molecule has 0 aliphatic carbocycles. The van der Waals surface area contributed by atoms with Crippen LogP contribution >= 0.6 is 22.9 Å². The highest BCUT2D eigenvalue weighted by Gasteiger charge is 2.27. The third-order valence-electron chi connectivity index (χ3n) is 4.83. The highest BCUT2D eigenvalue weighted by molar-refractivity contribution is 7.21. The monoisotopic (exact) mass is 423 g/mol. The van der Waals surface area contributed by atoms with E-state index in [9.17, 15) is 9.18 Å². The third kappa shape index (κ3) is 3.20. The summed E-state index contributed by atoms with van der Waals surface area (Å²) in [7, 11) is 5.59. The van der Waals surface area contributed by atoms with Gasteiger partial charge in [-0.05, 0) is 30.3 Å². The van der Waals surface area contributed by atoms with Crippen molar-refractivity contribution in [3.05, 3.63) is 58.6 Å². The number of amides is 1. The maximum atomic E-state index is 13.4. The number of thiazole rings is 1. The number of aromatic nitrogens is 4. The van der Waals surface area contributed by atoms with Crippen LogP contribution in [-0.4, -0.2) is 44.9 Å². The van der Waals surface area contributed by atoms with E-state index in [0.717, 1.165) is 15.2 Å². The van der Waals surface area contributed by atoms with Gasteiger partial charge in [0.25, 0.3) is 5.91 Å². The molecule has 0 saturated carbocycles. The molecule has 4 aromatic rings. The minimum absolute atomic E-state index is 0.0470. The summed E-state index contributed by atoms with van der Waals surface area (Å²) in [6, 6.07) is 9.55. The molecule has 2 aromatic heterocycles. The Bertz CT molecular complexity index is 1270. The standard InChI is InChI=1S/C19H12BClFN5OS/c20-12-7-10(1-3-13(12)22)19(28)26-5-6-27-16(9-26)24-25-17(27)18-23-14-4-2-11(21)8-15(14)29-18/h1-4,7-8H,5-6,9H2. The molecule has 0 fully saturated rings. The smallest absolute Gasteiger partial charge is 0.254 e. The summed E-state index contributed by atoms with van der Waals surface area (Å²) in [5.41, 5.74) is 1.16. The molecule has 10 heteroatoms. The van der Waals surface area contributed by atoms with Crippen LogP contribution in [0.5, 0.6) is 0 Å². The van der Waals surface area contributed by atoms with E-state index in [-0.39, 0.29) is 11.4 Å². The summed E-state index contributed by atoms with van der Waals surface area (Å²) >= 11 is 7.56. The van der Waals surface area contributed by atoms with Gasteiger partial charge in [0.05, 0.1) is 16.8 Å². The van der Waals surface area contributed by atoms with E-state index < -0.39 is 5.82 Å². The molecule has 2 aromatic carbocycles. The zero-order valence-electron chi connectivity index (χ0n) is 15.0. The predicted octanol–water partition coefficient (Wildman–Crippen LogP) is 2.80. The van der Waals surface area contributed by atoms with Crippen molar-refractivity contribution >= 4 is 52.4 Å². The fraction of sp³-hybridized carbons (Fsp3) is 0.158. The molecule has 0 atom stereocenters. The van der Waals surface area contributed by atoms with Crippen molar-refractivity contribution in [1.82, 2.24) is 24.6 Å². The topological polar surface area (TPSA) is 63.9 Å². The van der Waals surface area contributed by atoms with E-state index >= 15 is 0 Å². The SMILES string of the molecule is [B]c1cc(C(=O)N2CCn3c(nnc3-c3nc4ccc(Cl)cc4s3)C2)ccc1F. The van der Waals surface area contributed by atoms with Crippen molar-refractivity contribution in [3.8, 4) is 10.8 Å². The van der Waals surface area contributed by atoms with Gasteiger partial charge < -0.3 is 9.47 Å². The molecule has 3 heterocycles. The van der Waals surface area contributed by atoms with Gasteiger partial charge in [-0.2, -0.15) is 0 Å². The van der Waals surface area contributed by atoms with Crippen LogP contribution in [0.25, 0.3) is 21.0 Å². The Labute approximate surface area is 175 Å². The summed E-state index contributed by atoms with van der Waals surface area (Å²) in [6.07, 6.45) is 0. The first-order valence-electron chi connectivity index (χ1n) is 8.82. The molecular formula is C19H12BClFN5OS. The van der Waals surface area contributed by atoms with Crippen LogP contribution < -0.4 is 5.46 Å². The van der Waals surface area contributed by atoms with E-state index in [0.29, 0.717) is 41.9 Å². The second kappa shape index (κ2) is 6.93. The fourth-order valence-corrected chi connectivity index (χ4v) is 4.58. The van der Waals surface area contributed by atoms with Gasteiger partial charge in [-0.15, -0.1) is 21.5 Å². The Morgan fingerprint density at radius 1 is 1.17 bits per heavy atom. The summed E-state index contributed by atoms with van der Waals surface area (Å²) in [4.78, 5) is 19.0. The van der Waals surface area contributed by atoms with Crippen LogP contribution in [0.15, 0.2) is 36.4 Å². The van der Waals surface area contributed by atoms with Crippen LogP contribution in [0.1, 0.15) is 16.2 Å². The summed E-state index contributed by atoms with van der Waals surface area (Å²) < 4.78 is 16.3. The normalized spacial score (nSPS) is 13.7. The van der Waals surface area contributed by atoms with E-state index in [2.05, 4.69) is 15.2 Å². The number of carbonyl (C=O) groups excluding carboxylic acids is 1. The highest BCUT2D eigenvalue weighted by atomic mass is 35.5. The van der Waals surface area contributed by atoms with E-state index in [4.69, 9.17) is 19.4 Å². The zero-order valence-corrected chi connectivity index (χ0v) is 16.5. The largest absolute Gasteiger partial charge is 0.329 e. The first-order chi connectivity index (χ1) is 14.0. The van der Waals surface area contributed by atoms with Gasteiger partial charge in [0.15, 0.2) is 16.7 Å². The molecule has 1 aliphatic rings. The second-order valence-corrected chi connectivity index (χ2v) is 8.15.